The monoisotopic (exact) mass is 385 g/mol. The molecule has 3 aromatic rings. The third-order valence-electron chi connectivity index (χ3n) is 4.22. The van der Waals surface area contributed by atoms with E-state index in [-0.39, 0.29) is 11.3 Å². The van der Waals surface area contributed by atoms with Gasteiger partial charge < -0.3 is 9.47 Å². The molecule has 0 bridgehead atoms. The van der Waals surface area contributed by atoms with Gasteiger partial charge in [0.1, 0.15) is 18.0 Å². The van der Waals surface area contributed by atoms with Gasteiger partial charge in [-0.25, -0.2) is 4.98 Å². The van der Waals surface area contributed by atoms with E-state index in [1.54, 1.807) is 16.7 Å². The summed E-state index contributed by atoms with van der Waals surface area (Å²) >= 11 is 2.75. The van der Waals surface area contributed by atoms with Crippen LogP contribution in [0.15, 0.2) is 28.2 Å². The summed E-state index contributed by atoms with van der Waals surface area (Å²) in [7, 11) is 0. The van der Waals surface area contributed by atoms with Crippen LogP contribution in [-0.4, -0.2) is 28.5 Å². The van der Waals surface area contributed by atoms with Crippen LogP contribution in [0.2, 0.25) is 0 Å². The van der Waals surface area contributed by atoms with E-state index >= 15 is 0 Å². The van der Waals surface area contributed by atoms with E-state index in [0.717, 1.165) is 10.4 Å². The van der Waals surface area contributed by atoms with Crippen molar-refractivity contribution in [2.45, 2.75) is 19.0 Å². The lowest BCUT2D eigenvalue weighted by Crippen LogP contribution is -2.22. The predicted molar refractivity (Wildman–Crippen MR) is 102 cm³/mol. The number of nitriles is 1. The minimum Gasteiger partial charge on any atom is -0.486 e. The zero-order chi connectivity index (χ0) is 18.3. The Kier molecular flexibility index (Phi) is 4.34. The number of aryl methyl sites for hydroxylation is 2. The second-order valence-corrected chi connectivity index (χ2v) is 7.92. The Morgan fingerprint density at radius 1 is 1.31 bits per heavy atom. The van der Waals surface area contributed by atoms with Crippen molar-refractivity contribution in [2.24, 2.45) is 0 Å². The highest BCUT2D eigenvalue weighted by atomic mass is 32.2. The molecular weight excluding hydrogens is 370 g/mol. The average Bonchev–Trinajstić information content (AvgIpc) is 2.93. The molecule has 1 aliphatic heterocycles. The van der Waals surface area contributed by atoms with E-state index in [1.165, 1.54) is 23.1 Å². The van der Waals surface area contributed by atoms with Crippen molar-refractivity contribution in [1.82, 2.24) is 9.55 Å². The molecule has 0 fully saturated rings. The van der Waals surface area contributed by atoms with Crippen molar-refractivity contribution in [1.29, 1.82) is 5.26 Å². The first-order valence-corrected chi connectivity index (χ1v) is 9.83. The fraction of sp³-hybridized carbons (Fsp3) is 0.278. The van der Waals surface area contributed by atoms with Crippen LogP contribution in [-0.2, 0) is 0 Å². The van der Waals surface area contributed by atoms with Crippen LogP contribution in [0.5, 0.6) is 11.5 Å². The highest BCUT2D eigenvalue weighted by molar-refractivity contribution is 7.99. The third-order valence-corrected chi connectivity index (χ3v) is 6.13. The quantitative estimate of drug-likeness (QED) is 0.508. The van der Waals surface area contributed by atoms with Gasteiger partial charge in [0.2, 0.25) is 0 Å². The van der Waals surface area contributed by atoms with Crippen molar-refractivity contribution in [2.75, 3.05) is 19.0 Å². The van der Waals surface area contributed by atoms with Crippen LogP contribution in [0.3, 0.4) is 0 Å². The fourth-order valence-electron chi connectivity index (χ4n) is 2.87. The topological polar surface area (TPSA) is 77.1 Å². The van der Waals surface area contributed by atoms with Crippen LogP contribution < -0.4 is 15.0 Å². The van der Waals surface area contributed by atoms with Crippen LogP contribution in [0.4, 0.5) is 0 Å². The Hall–Kier alpha value is -2.50. The fourth-order valence-corrected chi connectivity index (χ4v) is 4.61. The largest absolute Gasteiger partial charge is 0.486 e. The van der Waals surface area contributed by atoms with Crippen molar-refractivity contribution in [3.63, 3.8) is 0 Å². The van der Waals surface area contributed by atoms with Gasteiger partial charge in [-0.2, -0.15) is 5.26 Å². The second-order valence-electron chi connectivity index (χ2n) is 5.77. The highest BCUT2D eigenvalue weighted by Crippen LogP contribution is 2.34. The maximum absolute atomic E-state index is 13.3. The van der Waals surface area contributed by atoms with Gasteiger partial charge in [0.15, 0.2) is 16.7 Å². The third kappa shape index (κ3) is 2.73. The van der Waals surface area contributed by atoms with Gasteiger partial charge in [-0.1, -0.05) is 11.8 Å². The summed E-state index contributed by atoms with van der Waals surface area (Å²) in [5.74, 6) is 1.48. The molecule has 0 spiro atoms. The zero-order valence-corrected chi connectivity index (χ0v) is 15.9. The Morgan fingerprint density at radius 3 is 2.85 bits per heavy atom. The van der Waals surface area contributed by atoms with Crippen molar-refractivity contribution in [3.05, 3.63) is 39.0 Å². The molecule has 0 aliphatic carbocycles. The molecule has 132 valence electrons. The second kappa shape index (κ2) is 6.67. The van der Waals surface area contributed by atoms with Gasteiger partial charge in [-0.15, -0.1) is 11.3 Å². The summed E-state index contributed by atoms with van der Waals surface area (Å²) in [5.41, 5.74) is 1.47. The summed E-state index contributed by atoms with van der Waals surface area (Å²) < 4.78 is 12.8. The first-order chi connectivity index (χ1) is 12.6. The minimum absolute atomic E-state index is 0.131. The number of thioether (sulfide) groups is 1. The first-order valence-electron chi connectivity index (χ1n) is 8.02. The molecule has 4 rings (SSSR count). The molecular formula is C18H15N3O3S2. The number of rotatable bonds is 3. The molecule has 0 saturated heterocycles. The maximum atomic E-state index is 13.3. The van der Waals surface area contributed by atoms with Crippen LogP contribution in [0.25, 0.3) is 15.9 Å². The lowest BCUT2D eigenvalue weighted by Gasteiger charge is -2.20. The van der Waals surface area contributed by atoms with Crippen molar-refractivity contribution >= 4 is 33.3 Å². The van der Waals surface area contributed by atoms with E-state index in [1.807, 2.05) is 19.9 Å². The number of benzene rings is 1. The molecule has 1 aliphatic rings. The summed E-state index contributed by atoms with van der Waals surface area (Å²) in [4.78, 5) is 19.7. The molecule has 0 amide bonds. The number of hydrogen-bond donors (Lipinski definition) is 0. The molecule has 0 atom stereocenters. The van der Waals surface area contributed by atoms with Gasteiger partial charge in [0.05, 0.1) is 22.9 Å². The van der Waals surface area contributed by atoms with Crippen molar-refractivity contribution < 1.29 is 9.47 Å². The Labute approximate surface area is 158 Å². The SMILES string of the molecule is Cc1sc2nc(SCC#N)n(-c3ccc4c(c3)OCCO4)c(=O)c2c1C. The highest BCUT2D eigenvalue weighted by Gasteiger charge is 2.20. The molecule has 2 aromatic heterocycles. The molecule has 8 heteroatoms. The molecule has 0 unspecified atom stereocenters. The molecule has 3 heterocycles. The van der Waals surface area contributed by atoms with E-state index in [4.69, 9.17) is 14.7 Å². The summed E-state index contributed by atoms with van der Waals surface area (Å²) in [5, 5.41) is 10.1. The number of ether oxygens (including phenoxy) is 2. The molecule has 1 aromatic carbocycles. The normalized spacial score (nSPS) is 13.0. The smallest absolute Gasteiger partial charge is 0.267 e. The van der Waals surface area contributed by atoms with Crippen LogP contribution in [0.1, 0.15) is 10.4 Å². The van der Waals surface area contributed by atoms with Gasteiger partial charge in [0.25, 0.3) is 5.56 Å². The lowest BCUT2D eigenvalue weighted by atomic mass is 10.2. The average molecular weight is 385 g/mol. The molecule has 0 N–H and O–H groups in total. The Bertz CT molecular complexity index is 1110. The van der Waals surface area contributed by atoms with E-state index in [0.29, 0.717) is 45.8 Å². The lowest BCUT2D eigenvalue weighted by molar-refractivity contribution is 0.171. The number of nitrogens with zero attached hydrogens (tertiary/aromatic N) is 3. The van der Waals surface area contributed by atoms with Crippen LogP contribution >= 0.6 is 23.1 Å². The molecule has 0 radical (unpaired) electrons. The van der Waals surface area contributed by atoms with Crippen molar-refractivity contribution in [3.8, 4) is 23.3 Å². The summed E-state index contributed by atoms with van der Waals surface area (Å²) in [6.45, 7) is 4.91. The minimum atomic E-state index is -0.131. The Morgan fingerprint density at radius 2 is 2.08 bits per heavy atom. The van der Waals surface area contributed by atoms with Gasteiger partial charge in [-0.3, -0.25) is 9.36 Å². The van der Waals surface area contributed by atoms with E-state index in [2.05, 4.69) is 11.1 Å². The number of thiophene rings is 1. The molecule has 26 heavy (non-hydrogen) atoms. The standard InChI is InChI=1S/C18H15N3O3S2/c1-10-11(2)26-16-15(10)17(22)21(18(20-16)25-8-5-19)12-3-4-13-14(9-12)24-7-6-23-13/h3-4,9H,6-8H2,1-2H3. The first kappa shape index (κ1) is 16.9. The Balaban J connectivity index is 1.97. The molecule has 0 saturated carbocycles. The summed E-state index contributed by atoms with van der Waals surface area (Å²) in [6.07, 6.45) is 0. The number of aromatic nitrogens is 2. The number of fused-ring (bicyclic) bond motifs is 2. The maximum Gasteiger partial charge on any atom is 0.267 e. The summed E-state index contributed by atoms with van der Waals surface area (Å²) in [6, 6.07) is 7.49. The van der Waals surface area contributed by atoms with Gasteiger partial charge >= 0.3 is 0 Å². The van der Waals surface area contributed by atoms with Crippen LogP contribution in [0, 0.1) is 25.2 Å². The van der Waals surface area contributed by atoms with Gasteiger partial charge in [-0.05, 0) is 31.5 Å². The van der Waals surface area contributed by atoms with E-state index in [9.17, 15) is 4.79 Å². The van der Waals surface area contributed by atoms with Gasteiger partial charge in [0, 0.05) is 10.9 Å². The zero-order valence-electron chi connectivity index (χ0n) is 14.2. The predicted octanol–water partition coefficient (Wildman–Crippen LogP) is 3.45. The molecule has 6 nitrogen and oxygen atoms in total. The number of hydrogen-bond acceptors (Lipinski definition) is 7. The van der Waals surface area contributed by atoms with E-state index < -0.39 is 0 Å².